The number of rotatable bonds is 7. The van der Waals surface area contributed by atoms with Gasteiger partial charge in [0.15, 0.2) is 0 Å². The SMILES string of the molecule is N=C(N)c1ccc(Oc2cc(Oc3ccc(C(=N)N)cc3)cc(C(=O)N3CCCCC3)c2)cc1. The predicted molar refractivity (Wildman–Crippen MR) is 131 cm³/mol. The molecule has 174 valence electrons. The number of carbonyl (C=O) groups is 1. The summed E-state index contributed by atoms with van der Waals surface area (Å²) in [7, 11) is 0. The number of ether oxygens (including phenoxy) is 2. The zero-order chi connectivity index (χ0) is 24.1. The summed E-state index contributed by atoms with van der Waals surface area (Å²) in [6.45, 7) is 1.47. The van der Waals surface area contributed by atoms with Gasteiger partial charge in [0.1, 0.15) is 34.7 Å². The molecule has 1 aliphatic rings. The van der Waals surface area contributed by atoms with Gasteiger partial charge in [-0.05, 0) is 79.9 Å². The smallest absolute Gasteiger partial charge is 0.254 e. The van der Waals surface area contributed by atoms with E-state index in [-0.39, 0.29) is 17.6 Å². The standard InChI is InChI=1S/C26H27N5O3/c27-24(28)17-4-8-20(9-5-17)33-22-14-19(26(32)31-12-2-1-3-13-31)15-23(16-22)34-21-10-6-18(7-11-21)25(29)30/h4-11,14-16H,1-3,12-13H2,(H3,27,28)(H3,29,30). The largest absolute Gasteiger partial charge is 0.457 e. The van der Waals surface area contributed by atoms with E-state index in [0.717, 1.165) is 32.4 Å². The lowest BCUT2D eigenvalue weighted by molar-refractivity contribution is 0.0723. The van der Waals surface area contributed by atoms with Gasteiger partial charge in [0, 0.05) is 35.8 Å². The van der Waals surface area contributed by atoms with Crippen molar-refractivity contribution >= 4 is 17.6 Å². The maximum atomic E-state index is 13.2. The lowest BCUT2D eigenvalue weighted by Crippen LogP contribution is -2.35. The van der Waals surface area contributed by atoms with Crippen molar-refractivity contribution in [2.75, 3.05) is 13.1 Å². The first-order valence-corrected chi connectivity index (χ1v) is 11.1. The molecule has 0 unspecified atom stereocenters. The van der Waals surface area contributed by atoms with Gasteiger partial charge >= 0.3 is 0 Å². The van der Waals surface area contributed by atoms with Crippen LogP contribution in [-0.2, 0) is 0 Å². The monoisotopic (exact) mass is 457 g/mol. The Kier molecular flexibility index (Phi) is 6.77. The van der Waals surface area contributed by atoms with Crippen LogP contribution >= 0.6 is 0 Å². The van der Waals surface area contributed by atoms with Crippen molar-refractivity contribution in [1.82, 2.24) is 4.90 Å². The Hall–Kier alpha value is -4.33. The van der Waals surface area contributed by atoms with Gasteiger partial charge in [0.05, 0.1) is 0 Å². The van der Waals surface area contributed by atoms with Crippen LogP contribution in [0.3, 0.4) is 0 Å². The van der Waals surface area contributed by atoms with Crippen LogP contribution in [0.4, 0.5) is 0 Å². The molecule has 34 heavy (non-hydrogen) atoms. The summed E-state index contributed by atoms with van der Waals surface area (Å²) < 4.78 is 12.0. The highest BCUT2D eigenvalue weighted by atomic mass is 16.5. The zero-order valence-corrected chi connectivity index (χ0v) is 18.7. The molecule has 0 radical (unpaired) electrons. The van der Waals surface area contributed by atoms with Gasteiger partial charge in [0.25, 0.3) is 5.91 Å². The van der Waals surface area contributed by atoms with E-state index >= 15 is 0 Å². The van der Waals surface area contributed by atoms with Crippen molar-refractivity contribution in [3.05, 3.63) is 83.4 Å². The van der Waals surface area contributed by atoms with Gasteiger partial charge in [-0.15, -0.1) is 0 Å². The van der Waals surface area contributed by atoms with Crippen LogP contribution < -0.4 is 20.9 Å². The Balaban J connectivity index is 1.63. The number of nitrogen functional groups attached to an aromatic ring is 2. The zero-order valence-electron chi connectivity index (χ0n) is 18.7. The third-order valence-corrected chi connectivity index (χ3v) is 5.57. The molecule has 1 aliphatic heterocycles. The highest BCUT2D eigenvalue weighted by Crippen LogP contribution is 2.31. The summed E-state index contributed by atoms with van der Waals surface area (Å²) in [6, 6.07) is 18.8. The number of amides is 1. The van der Waals surface area contributed by atoms with Crippen LogP contribution in [0.25, 0.3) is 0 Å². The maximum absolute atomic E-state index is 13.2. The van der Waals surface area contributed by atoms with E-state index in [9.17, 15) is 4.79 Å². The number of hydrogen-bond donors (Lipinski definition) is 4. The third-order valence-electron chi connectivity index (χ3n) is 5.57. The number of nitrogens with one attached hydrogen (secondary N) is 2. The first kappa shape index (κ1) is 22.8. The van der Waals surface area contributed by atoms with Crippen molar-refractivity contribution < 1.29 is 14.3 Å². The van der Waals surface area contributed by atoms with Gasteiger partial charge in [-0.25, -0.2) is 0 Å². The highest BCUT2D eigenvalue weighted by molar-refractivity contribution is 5.96. The molecule has 0 aliphatic carbocycles. The number of amidine groups is 2. The molecule has 6 N–H and O–H groups in total. The Morgan fingerprint density at radius 1 is 0.647 bits per heavy atom. The van der Waals surface area contributed by atoms with Gasteiger partial charge in [-0.2, -0.15) is 0 Å². The average molecular weight is 458 g/mol. The van der Waals surface area contributed by atoms with E-state index in [0.29, 0.717) is 39.7 Å². The van der Waals surface area contributed by atoms with Crippen molar-refractivity contribution in [2.24, 2.45) is 11.5 Å². The van der Waals surface area contributed by atoms with Crippen LogP contribution in [0.1, 0.15) is 40.7 Å². The molecule has 1 amide bonds. The molecule has 0 aromatic heterocycles. The number of nitrogens with zero attached hydrogens (tertiary/aromatic N) is 1. The lowest BCUT2D eigenvalue weighted by Gasteiger charge is -2.27. The van der Waals surface area contributed by atoms with Crippen molar-refractivity contribution in [2.45, 2.75) is 19.3 Å². The van der Waals surface area contributed by atoms with Crippen molar-refractivity contribution in [3.8, 4) is 23.0 Å². The fourth-order valence-corrected chi connectivity index (χ4v) is 3.77. The van der Waals surface area contributed by atoms with Gasteiger partial charge in [0.2, 0.25) is 0 Å². The molecule has 3 aromatic rings. The summed E-state index contributed by atoms with van der Waals surface area (Å²) >= 11 is 0. The molecule has 8 nitrogen and oxygen atoms in total. The molecule has 3 aromatic carbocycles. The number of piperidine rings is 1. The Bertz CT molecular complexity index is 1120. The molecule has 0 saturated carbocycles. The summed E-state index contributed by atoms with van der Waals surface area (Å²) in [5, 5.41) is 15.1. The number of nitrogens with two attached hydrogens (primary N) is 2. The Morgan fingerprint density at radius 2 is 1.09 bits per heavy atom. The molecule has 4 rings (SSSR count). The topological polar surface area (TPSA) is 139 Å². The van der Waals surface area contributed by atoms with E-state index in [1.54, 1.807) is 66.7 Å². The van der Waals surface area contributed by atoms with E-state index in [1.807, 2.05) is 4.90 Å². The van der Waals surface area contributed by atoms with Crippen LogP contribution in [0.15, 0.2) is 66.7 Å². The summed E-state index contributed by atoms with van der Waals surface area (Å²) in [5.74, 6) is 1.89. The minimum atomic E-state index is -0.0612. The van der Waals surface area contributed by atoms with Crippen LogP contribution in [0.2, 0.25) is 0 Å². The highest BCUT2D eigenvalue weighted by Gasteiger charge is 2.20. The lowest BCUT2D eigenvalue weighted by atomic mass is 10.1. The molecule has 1 heterocycles. The first-order valence-electron chi connectivity index (χ1n) is 11.1. The van der Waals surface area contributed by atoms with Gasteiger partial charge < -0.3 is 25.8 Å². The average Bonchev–Trinajstić information content (AvgIpc) is 2.84. The van der Waals surface area contributed by atoms with Crippen LogP contribution in [0.5, 0.6) is 23.0 Å². The minimum absolute atomic E-state index is 0.0212. The molecular weight excluding hydrogens is 430 g/mol. The first-order chi connectivity index (χ1) is 16.4. The molecular formula is C26H27N5O3. The normalized spacial score (nSPS) is 13.2. The van der Waals surface area contributed by atoms with Crippen LogP contribution in [0, 0.1) is 10.8 Å². The molecule has 0 atom stereocenters. The minimum Gasteiger partial charge on any atom is -0.457 e. The maximum Gasteiger partial charge on any atom is 0.254 e. The van der Waals surface area contributed by atoms with Crippen LogP contribution in [-0.4, -0.2) is 35.6 Å². The third kappa shape index (κ3) is 5.53. The quantitative estimate of drug-likeness (QED) is 0.306. The summed E-state index contributed by atoms with van der Waals surface area (Å²) in [6.07, 6.45) is 3.13. The van der Waals surface area contributed by atoms with Gasteiger partial charge in [-0.1, -0.05) is 0 Å². The number of hydrogen-bond acceptors (Lipinski definition) is 5. The fourth-order valence-electron chi connectivity index (χ4n) is 3.77. The molecule has 1 fully saturated rings. The van der Waals surface area contributed by atoms with E-state index in [2.05, 4.69) is 0 Å². The van der Waals surface area contributed by atoms with Crippen molar-refractivity contribution in [1.29, 1.82) is 10.8 Å². The second-order valence-corrected chi connectivity index (χ2v) is 8.13. The van der Waals surface area contributed by atoms with E-state index in [4.69, 9.17) is 31.8 Å². The molecule has 8 heteroatoms. The second-order valence-electron chi connectivity index (χ2n) is 8.13. The number of carbonyl (C=O) groups excluding carboxylic acids is 1. The predicted octanol–water partition coefficient (Wildman–Crippen LogP) is 4.47. The molecule has 0 spiro atoms. The second kappa shape index (κ2) is 10.1. The van der Waals surface area contributed by atoms with E-state index < -0.39 is 0 Å². The number of benzene rings is 3. The number of likely N-dealkylation sites (tertiary alicyclic amines) is 1. The Labute approximate surface area is 198 Å². The molecule has 1 saturated heterocycles. The Morgan fingerprint density at radius 3 is 1.50 bits per heavy atom. The van der Waals surface area contributed by atoms with E-state index in [1.165, 1.54) is 0 Å². The summed E-state index contributed by atoms with van der Waals surface area (Å²) in [4.78, 5) is 15.0. The fraction of sp³-hybridized carbons (Fsp3) is 0.192. The van der Waals surface area contributed by atoms with Gasteiger partial charge in [-0.3, -0.25) is 15.6 Å². The van der Waals surface area contributed by atoms with Crippen molar-refractivity contribution in [3.63, 3.8) is 0 Å². The molecule has 0 bridgehead atoms. The summed E-state index contributed by atoms with van der Waals surface area (Å²) in [5.41, 5.74) is 12.7.